The molecule has 1 aromatic rings. The number of nitrogens with one attached hydrogen (secondary N) is 1. The first kappa shape index (κ1) is 13.5. The topological polar surface area (TPSA) is 24.5 Å². The van der Waals surface area contributed by atoms with Gasteiger partial charge >= 0.3 is 0 Å². The predicted octanol–water partition coefficient (Wildman–Crippen LogP) is 2.06. The number of nitrogens with zero attached hydrogens (tertiary/aromatic N) is 1. The van der Waals surface area contributed by atoms with E-state index in [-0.39, 0.29) is 0 Å². The van der Waals surface area contributed by atoms with Gasteiger partial charge in [-0.1, -0.05) is 30.3 Å². The van der Waals surface area contributed by atoms with Gasteiger partial charge in [-0.2, -0.15) is 0 Å². The van der Waals surface area contributed by atoms with Crippen LogP contribution in [0.2, 0.25) is 0 Å². The quantitative estimate of drug-likeness (QED) is 0.863. The molecular weight excluding hydrogens is 224 g/mol. The van der Waals surface area contributed by atoms with Crippen molar-refractivity contribution >= 4 is 0 Å². The van der Waals surface area contributed by atoms with Gasteiger partial charge in [-0.05, 0) is 32.0 Å². The molecule has 1 aromatic carbocycles. The molecule has 2 rings (SSSR count). The van der Waals surface area contributed by atoms with Gasteiger partial charge in [-0.25, -0.2) is 0 Å². The number of rotatable bonds is 5. The van der Waals surface area contributed by atoms with E-state index in [9.17, 15) is 0 Å². The first-order valence-corrected chi connectivity index (χ1v) is 6.78. The van der Waals surface area contributed by atoms with Crippen LogP contribution in [0.3, 0.4) is 0 Å². The number of piperidine rings is 1. The highest BCUT2D eigenvalue weighted by atomic mass is 16.5. The molecule has 0 spiro atoms. The maximum Gasteiger partial charge on any atom is 0.0657 e. The zero-order chi connectivity index (χ0) is 12.8. The Kier molecular flexibility index (Phi) is 5.17. The van der Waals surface area contributed by atoms with Gasteiger partial charge < -0.3 is 15.0 Å². The normalized spacial score (nSPS) is 22.9. The maximum atomic E-state index is 5.35. The average Bonchev–Trinajstić information content (AvgIpc) is 2.39. The minimum absolute atomic E-state index is 0.299. The summed E-state index contributed by atoms with van der Waals surface area (Å²) in [7, 11) is 3.96. The van der Waals surface area contributed by atoms with Gasteiger partial charge in [-0.15, -0.1) is 0 Å². The van der Waals surface area contributed by atoms with Crippen molar-refractivity contribution < 1.29 is 4.74 Å². The minimum atomic E-state index is 0.299. The molecule has 3 heteroatoms. The van der Waals surface area contributed by atoms with Crippen LogP contribution in [-0.2, 0) is 4.74 Å². The van der Waals surface area contributed by atoms with E-state index in [1.807, 2.05) is 0 Å². The maximum absolute atomic E-state index is 5.35. The van der Waals surface area contributed by atoms with E-state index in [0.29, 0.717) is 12.1 Å². The van der Waals surface area contributed by atoms with Crippen LogP contribution in [0.5, 0.6) is 0 Å². The molecule has 18 heavy (non-hydrogen) atoms. The number of likely N-dealkylation sites (tertiary alicyclic amines) is 1. The lowest BCUT2D eigenvalue weighted by Gasteiger charge is -2.33. The minimum Gasteiger partial charge on any atom is -0.383 e. The van der Waals surface area contributed by atoms with Gasteiger partial charge in [0.05, 0.1) is 12.6 Å². The second-order valence-electron chi connectivity index (χ2n) is 5.19. The fraction of sp³-hybridized carbons (Fsp3) is 0.600. The summed E-state index contributed by atoms with van der Waals surface area (Å²) in [6.07, 6.45) is 2.54. The van der Waals surface area contributed by atoms with Crippen molar-refractivity contribution in [1.29, 1.82) is 0 Å². The Bertz CT molecular complexity index is 342. The summed E-state index contributed by atoms with van der Waals surface area (Å²) in [5.41, 5.74) is 1.31. The van der Waals surface area contributed by atoms with Crippen molar-refractivity contribution in [3.05, 3.63) is 35.9 Å². The number of hydrogen-bond donors (Lipinski definition) is 1. The third kappa shape index (κ3) is 3.80. The molecule has 1 saturated heterocycles. The fourth-order valence-electron chi connectivity index (χ4n) is 2.68. The molecule has 1 fully saturated rings. The van der Waals surface area contributed by atoms with Crippen molar-refractivity contribution in [2.24, 2.45) is 0 Å². The number of benzene rings is 1. The summed E-state index contributed by atoms with van der Waals surface area (Å²) in [6, 6.07) is 11.4. The third-order valence-electron chi connectivity index (χ3n) is 3.60. The molecule has 0 saturated carbocycles. The highest BCUT2D eigenvalue weighted by Crippen LogP contribution is 2.17. The van der Waals surface area contributed by atoms with Crippen LogP contribution in [0, 0.1) is 0 Å². The van der Waals surface area contributed by atoms with Crippen molar-refractivity contribution in [2.75, 3.05) is 33.9 Å². The van der Waals surface area contributed by atoms with E-state index in [2.05, 4.69) is 47.6 Å². The van der Waals surface area contributed by atoms with E-state index >= 15 is 0 Å². The van der Waals surface area contributed by atoms with Crippen LogP contribution in [0.25, 0.3) is 0 Å². The Hall–Kier alpha value is -0.900. The molecule has 0 amide bonds. The van der Waals surface area contributed by atoms with Crippen molar-refractivity contribution in [3.8, 4) is 0 Å². The van der Waals surface area contributed by atoms with E-state index in [4.69, 9.17) is 4.74 Å². The predicted molar refractivity (Wildman–Crippen MR) is 74.7 cm³/mol. The highest BCUT2D eigenvalue weighted by Gasteiger charge is 2.21. The summed E-state index contributed by atoms with van der Waals surface area (Å²) in [5, 5.41) is 3.74. The van der Waals surface area contributed by atoms with E-state index in [1.165, 1.54) is 24.9 Å². The molecular formula is C15H24N2O. The SMILES string of the molecule is COCC(NC1CCCN(C)C1)c1ccccc1. The van der Waals surface area contributed by atoms with E-state index < -0.39 is 0 Å². The average molecular weight is 248 g/mol. The van der Waals surface area contributed by atoms with Gasteiger partial charge in [0.15, 0.2) is 0 Å². The van der Waals surface area contributed by atoms with Crippen LogP contribution in [0.1, 0.15) is 24.4 Å². The fourth-order valence-corrected chi connectivity index (χ4v) is 2.68. The van der Waals surface area contributed by atoms with E-state index in [1.54, 1.807) is 7.11 Å². The van der Waals surface area contributed by atoms with Crippen molar-refractivity contribution in [3.63, 3.8) is 0 Å². The molecule has 1 heterocycles. The molecule has 1 N–H and O–H groups in total. The molecule has 1 aliphatic heterocycles. The summed E-state index contributed by atoms with van der Waals surface area (Å²) < 4.78 is 5.35. The lowest BCUT2D eigenvalue weighted by atomic mass is 10.0. The Balaban J connectivity index is 1.97. The summed E-state index contributed by atoms with van der Waals surface area (Å²) in [5.74, 6) is 0. The van der Waals surface area contributed by atoms with Crippen molar-refractivity contribution in [2.45, 2.75) is 24.9 Å². The monoisotopic (exact) mass is 248 g/mol. The summed E-state index contributed by atoms with van der Waals surface area (Å²) >= 11 is 0. The Morgan fingerprint density at radius 2 is 2.17 bits per heavy atom. The second kappa shape index (κ2) is 6.88. The first-order chi connectivity index (χ1) is 8.79. The standard InChI is InChI=1S/C15H24N2O/c1-17-10-6-9-14(11-17)16-15(12-18-2)13-7-4-3-5-8-13/h3-5,7-8,14-16H,6,9-12H2,1-2H3. The van der Waals surface area contributed by atoms with Crippen LogP contribution in [-0.4, -0.2) is 44.8 Å². The van der Waals surface area contributed by atoms with Gasteiger partial charge in [-0.3, -0.25) is 0 Å². The Morgan fingerprint density at radius 3 is 2.83 bits per heavy atom. The van der Waals surface area contributed by atoms with Gasteiger partial charge in [0.25, 0.3) is 0 Å². The first-order valence-electron chi connectivity index (χ1n) is 6.78. The van der Waals surface area contributed by atoms with Gasteiger partial charge in [0, 0.05) is 19.7 Å². The lowest BCUT2D eigenvalue weighted by molar-refractivity contribution is 0.145. The molecule has 3 nitrogen and oxygen atoms in total. The molecule has 2 unspecified atom stereocenters. The molecule has 0 aliphatic carbocycles. The van der Waals surface area contributed by atoms with Crippen LogP contribution >= 0.6 is 0 Å². The van der Waals surface area contributed by atoms with Crippen LogP contribution < -0.4 is 5.32 Å². The molecule has 1 aliphatic rings. The number of hydrogen-bond acceptors (Lipinski definition) is 3. The molecule has 0 aromatic heterocycles. The molecule has 100 valence electrons. The van der Waals surface area contributed by atoms with Crippen LogP contribution in [0.4, 0.5) is 0 Å². The summed E-state index contributed by atoms with van der Waals surface area (Å²) in [4.78, 5) is 2.40. The van der Waals surface area contributed by atoms with Crippen LogP contribution in [0.15, 0.2) is 30.3 Å². The Labute approximate surface area is 110 Å². The molecule has 2 atom stereocenters. The largest absolute Gasteiger partial charge is 0.383 e. The lowest BCUT2D eigenvalue weighted by Crippen LogP contribution is -2.46. The zero-order valence-corrected chi connectivity index (χ0v) is 11.4. The summed E-state index contributed by atoms with van der Waals surface area (Å²) in [6.45, 7) is 3.08. The number of likely N-dealkylation sites (N-methyl/N-ethyl adjacent to an activating group) is 1. The zero-order valence-electron chi connectivity index (χ0n) is 11.4. The highest BCUT2D eigenvalue weighted by molar-refractivity contribution is 5.19. The van der Waals surface area contributed by atoms with Gasteiger partial charge in [0.1, 0.15) is 0 Å². The molecule has 0 bridgehead atoms. The smallest absolute Gasteiger partial charge is 0.0657 e. The third-order valence-corrected chi connectivity index (χ3v) is 3.60. The second-order valence-corrected chi connectivity index (χ2v) is 5.19. The molecule has 0 radical (unpaired) electrons. The van der Waals surface area contributed by atoms with E-state index in [0.717, 1.165) is 13.2 Å². The Morgan fingerprint density at radius 1 is 1.39 bits per heavy atom. The van der Waals surface area contributed by atoms with Gasteiger partial charge in [0.2, 0.25) is 0 Å². The number of ether oxygens (including phenoxy) is 1. The number of methoxy groups -OCH3 is 1. The van der Waals surface area contributed by atoms with Crippen molar-refractivity contribution in [1.82, 2.24) is 10.2 Å².